The Morgan fingerprint density at radius 1 is 1.47 bits per heavy atom. The standard InChI is InChI=1S/C13H17N5O/c1-18-8-7-17-11(18)5-6-16-10-4-2-3-9(12(10)14)13(15)19/h2-4,7-8,16H,5-6,14H2,1H3,(H2,15,19). The summed E-state index contributed by atoms with van der Waals surface area (Å²) in [7, 11) is 1.95. The largest absolute Gasteiger partial charge is 0.396 e. The van der Waals surface area contributed by atoms with Crippen LogP contribution in [-0.4, -0.2) is 22.0 Å². The summed E-state index contributed by atoms with van der Waals surface area (Å²) in [6.07, 6.45) is 4.43. The molecule has 1 aromatic heterocycles. The van der Waals surface area contributed by atoms with Crippen LogP contribution in [0, 0.1) is 0 Å². The van der Waals surface area contributed by atoms with Gasteiger partial charge in [-0.15, -0.1) is 0 Å². The topological polar surface area (TPSA) is 99.0 Å². The van der Waals surface area contributed by atoms with Crippen molar-refractivity contribution in [2.45, 2.75) is 6.42 Å². The lowest BCUT2D eigenvalue weighted by Crippen LogP contribution is -2.16. The van der Waals surface area contributed by atoms with Gasteiger partial charge in [0.25, 0.3) is 5.91 Å². The molecule has 2 aromatic rings. The van der Waals surface area contributed by atoms with Crippen LogP contribution in [0.3, 0.4) is 0 Å². The summed E-state index contributed by atoms with van der Waals surface area (Å²) in [5.41, 5.74) is 12.6. The number of nitrogens with one attached hydrogen (secondary N) is 1. The number of carbonyl (C=O) groups is 1. The van der Waals surface area contributed by atoms with Gasteiger partial charge in [-0.3, -0.25) is 4.79 Å². The molecule has 1 amide bonds. The van der Waals surface area contributed by atoms with E-state index in [1.54, 1.807) is 18.3 Å². The number of hydrogen-bond donors (Lipinski definition) is 3. The van der Waals surface area contributed by atoms with Crippen molar-refractivity contribution in [3.05, 3.63) is 42.0 Å². The maximum atomic E-state index is 11.2. The number of benzene rings is 1. The van der Waals surface area contributed by atoms with Gasteiger partial charge in [-0.1, -0.05) is 6.07 Å². The highest BCUT2D eigenvalue weighted by atomic mass is 16.1. The third kappa shape index (κ3) is 2.85. The first-order chi connectivity index (χ1) is 9.09. The summed E-state index contributed by atoms with van der Waals surface area (Å²) in [5, 5.41) is 3.19. The van der Waals surface area contributed by atoms with E-state index >= 15 is 0 Å². The summed E-state index contributed by atoms with van der Waals surface area (Å²) in [6.45, 7) is 0.678. The fourth-order valence-corrected chi connectivity index (χ4v) is 1.88. The van der Waals surface area contributed by atoms with Gasteiger partial charge < -0.3 is 21.4 Å². The first-order valence-electron chi connectivity index (χ1n) is 5.98. The number of aromatic nitrogens is 2. The molecular weight excluding hydrogens is 242 g/mol. The number of hydrogen-bond acceptors (Lipinski definition) is 4. The quantitative estimate of drug-likeness (QED) is 0.690. The number of nitrogens with two attached hydrogens (primary N) is 2. The fourth-order valence-electron chi connectivity index (χ4n) is 1.88. The van der Waals surface area contributed by atoms with Gasteiger partial charge in [0.05, 0.1) is 16.9 Å². The predicted molar refractivity (Wildman–Crippen MR) is 74.8 cm³/mol. The molecule has 0 unspecified atom stereocenters. The Morgan fingerprint density at radius 2 is 2.26 bits per heavy atom. The van der Waals surface area contributed by atoms with Crippen molar-refractivity contribution in [3.8, 4) is 0 Å². The van der Waals surface area contributed by atoms with Gasteiger partial charge in [-0.05, 0) is 12.1 Å². The van der Waals surface area contributed by atoms with Crippen molar-refractivity contribution in [3.63, 3.8) is 0 Å². The van der Waals surface area contributed by atoms with Crippen LogP contribution in [0.1, 0.15) is 16.2 Å². The zero-order valence-electron chi connectivity index (χ0n) is 10.8. The third-order valence-electron chi connectivity index (χ3n) is 2.96. The number of carbonyl (C=O) groups excluding carboxylic acids is 1. The Kier molecular flexibility index (Phi) is 3.70. The van der Waals surface area contributed by atoms with Crippen LogP contribution >= 0.6 is 0 Å². The molecule has 0 aliphatic rings. The van der Waals surface area contributed by atoms with Gasteiger partial charge in [0.2, 0.25) is 0 Å². The second kappa shape index (κ2) is 5.43. The highest BCUT2D eigenvalue weighted by Gasteiger charge is 2.09. The minimum atomic E-state index is -0.523. The Morgan fingerprint density at radius 3 is 2.89 bits per heavy atom. The summed E-state index contributed by atoms with van der Waals surface area (Å²) in [4.78, 5) is 15.4. The number of nitrogen functional groups attached to an aromatic ring is 1. The highest BCUT2D eigenvalue weighted by Crippen LogP contribution is 2.22. The second-order valence-electron chi connectivity index (χ2n) is 4.26. The van der Waals surface area contributed by atoms with Crippen LogP contribution in [0.5, 0.6) is 0 Å². The van der Waals surface area contributed by atoms with E-state index < -0.39 is 5.91 Å². The molecule has 0 bridgehead atoms. The lowest BCUT2D eigenvalue weighted by Gasteiger charge is -2.11. The molecule has 0 atom stereocenters. The summed E-state index contributed by atoms with van der Waals surface area (Å²) in [6, 6.07) is 5.18. The van der Waals surface area contributed by atoms with Crippen molar-refractivity contribution in [1.82, 2.24) is 9.55 Å². The van der Waals surface area contributed by atoms with Gasteiger partial charge in [-0.2, -0.15) is 0 Å². The average molecular weight is 259 g/mol. The van der Waals surface area contributed by atoms with Crippen LogP contribution in [-0.2, 0) is 13.5 Å². The van der Waals surface area contributed by atoms with Crippen molar-refractivity contribution >= 4 is 17.3 Å². The minimum Gasteiger partial charge on any atom is -0.396 e. The molecule has 6 nitrogen and oxygen atoms in total. The molecule has 0 saturated heterocycles. The van der Waals surface area contributed by atoms with Crippen LogP contribution in [0.4, 0.5) is 11.4 Å². The molecule has 0 aliphatic carbocycles. The first-order valence-corrected chi connectivity index (χ1v) is 5.98. The number of aryl methyl sites for hydroxylation is 1. The van der Waals surface area contributed by atoms with E-state index in [0.29, 0.717) is 23.5 Å². The van der Waals surface area contributed by atoms with Crippen molar-refractivity contribution in [2.75, 3.05) is 17.6 Å². The van der Waals surface area contributed by atoms with Gasteiger partial charge >= 0.3 is 0 Å². The molecule has 100 valence electrons. The number of anilines is 2. The smallest absolute Gasteiger partial charge is 0.250 e. The monoisotopic (exact) mass is 259 g/mol. The maximum Gasteiger partial charge on any atom is 0.250 e. The molecule has 5 N–H and O–H groups in total. The Hall–Kier alpha value is -2.50. The number of amides is 1. The summed E-state index contributed by atoms with van der Waals surface area (Å²) < 4.78 is 1.96. The van der Waals surface area contributed by atoms with E-state index in [1.165, 1.54) is 0 Å². The van der Waals surface area contributed by atoms with Crippen LogP contribution in [0.2, 0.25) is 0 Å². The summed E-state index contributed by atoms with van der Waals surface area (Å²) in [5.74, 6) is 0.461. The SMILES string of the molecule is Cn1ccnc1CCNc1cccc(C(N)=O)c1N. The number of rotatable bonds is 5. The van der Waals surface area contributed by atoms with E-state index in [4.69, 9.17) is 11.5 Å². The van der Waals surface area contributed by atoms with Crippen LogP contribution < -0.4 is 16.8 Å². The second-order valence-corrected chi connectivity index (χ2v) is 4.26. The summed E-state index contributed by atoms with van der Waals surface area (Å²) >= 11 is 0. The van der Waals surface area contributed by atoms with Crippen molar-refractivity contribution < 1.29 is 4.79 Å². The van der Waals surface area contributed by atoms with E-state index in [0.717, 1.165) is 12.2 Å². The molecule has 0 spiro atoms. The molecule has 19 heavy (non-hydrogen) atoms. The fraction of sp³-hybridized carbons (Fsp3) is 0.231. The highest BCUT2D eigenvalue weighted by molar-refractivity contribution is 6.00. The molecule has 0 aliphatic heterocycles. The van der Waals surface area contributed by atoms with E-state index in [9.17, 15) is 4.79 Å². The van der Waals surface area contributed by atoms with E-state index in [-0.39, 0.29) is 0 Å². The number of para-hydroxylation sites is 1. The molecule has 0 saturated carbocycles. The predicted octanol–water partition coefficient (Wildman–Crippen LogP) is 0.756. The van der Waals surface area contributed by atoms with E-state index in [1.807, 2.05) is 23.9 Å². The average Bonchev–Trinajstić information content (AvgIpc) is 2.77. The van der Waals surface area contributed by atoms with Gasteiger partial charge in [0.1, 0.15) is 5.82 Å². The zero-order chi connectivity index (χ0) is 13.8. The molecular formula is C13H17N5O. The normalized spacial score (nSPS) is 10.4. The van der Waals surface area contributed by atoms with Crippen LogP contribution in [0.15, 0.2) is 30.6 Å². The number of nitrogens with zero attached hydrogens (tertiary/aromatic N) is 2. The van der Waals surface area contributed by atoms with Crippen molar-refractivity contribution in [1.29, 1.82) is 0 Å². The van der Waals surface area contributed by atoms with E-state index in [2.05, 4.69) is 10.3 Å². The van der Waals surface area contributed by atoms with Crippen LogP contribution in [0.25, 0.3) is 0 Å². The number of imidazole rings is 1. The molecule has 6 heteroatoms. The Bertz CT molecular complexity index is 590. The molecule has 0 radical (unpaired) electrons. The maximum absolute atomic E-state index is 11.2. The van der Waals surface area contributed by atoms with Gasteiger partial charge in [-0.25, -0.2) is 4.98 Å². The minimum absolute atomic E-state index is 0.335. The first kappa shape index (κ1) is 12.9. The zero-order valence-corrected chi connectivity index (χ0v) is 10.8. The van der Waals surface area contributed by atoms with Gasteiger partial charge in [0, 0.05) is 32.4 Å². The Balaban J connectivity index is 2.02. The molecule has 0 fully saturated rings. The van der Waals surface area contributed by atoms with Crippen molar-refractivity contribution in [2.24, 2.45) is 12.8 Å². The molecule has 1 heterocycles. The van der Waals surface area contributed by atoms with Gasteiger partial charge in [0.15, 0.2) is 0 Å². The molecule has 2 rings (SSSR count). The molecule has 1 aromatic carbocycles. The lowest BCUT2D eigenvalue weighted by molar-refractivity contribution is 0.100. The Labute approximate surface area is 111 Å². The number of primary amides is 1. The lowest BCUT2D eigenvalue weighted by atomic mass is 10.1. The third-order valence-corrected chi connectivity index (χ3v) is 2.96.